The molecule has 9 heteroatoms. The normalized spacial score (nSPS) is 16.2. The predicted octanol–water partition coefficient (Wildman–Crippen LogP) is 3.32. The summed E-state index contributed by atoms with van der Waals surface area (Å²) >= 11 is 0. The number of piperidine rings is 1. The highest BCUT2D eigenvalue weighted by atomic mass is 16.5. The molecule has 1 aliphatic rings. The molecule has 1 atom stereocenters. The summed E-state index contributed by atoms with van der Waals surface area (Å²) in [5, 5.41) is 2.87. The number of pyridine rings is 1. The topological polar surface area (TPSA) is 115 Å². The fourth-order valence-corrected chi connectivity index (χ4v) is 4.20. The number of fused-ring (bicyclic) bond motifs is 1. The van der Waals surface area contributed by atoms with Gasteiger partial charge in [-0.25, -0.2) is 9.97 Å². The van der Waals surface area contributed by atoms with E-state index in [2.05, 4.69) is 22.2 Å². The molecular formula is C24H30N6O3. The number of anilines is 2. The number of nitrogens with one attached hydrogen (secondary N) is 1. The zero-order valence-electron chi connectivity index (χ0n) is 19.1. The van der Waals surface area contributed by atoms with Crippen molar-refractivity contribution in [1.82, 2.24) is 19.4 Å². The first-order valence-corrected chi connectivity index (χ1v) is 11.3. The van der Waals surface area contributed by atoms with Gasteiger partial charge in [-0.15, -0.1) is 0 Å². The highest BCUT2D eigenvalue weighted by molar-refractivity contribution is 6.04. The van der Waals surface area contributed by atoms with Gasteiger partial charge in [0.05, 0.1) is 0 Å². The molecule has 1 saturated heterocycles. The molecule has 3 heterocycles. The molecule has 0 aliphatic carbocycles. The Hall–Kier alpha value is -3.46. The molecule has 9 nitrogen and oxygen atoms in total. The Morgan fingerprint density at radius 2 is 2.06 bits per heavy atom. The number of carbonyl (C=O) groups is 2. The molecule has 0 bridgehead atoms. The van der Waals surface area contributed by atoms with Gasteiger partial charge in [-0.2, -0.15) is 0 Å². The first-order valence-electron chi connectivity index (χ1n) is 11.3. The second-order valence-corrected chi connectivity index (χ2v) is 8.40. The summed E-state index contributed by atoms with van der Waals surface area (Å²) in [6, 6.07) is 10.5. The number of ether oxygens (including phenoxy) is 1. The SMILES string of the molecule is COCCCn1c(NC(=O)c2cccc(N)c2)nc2ccc(C(=O)N3CCCC[C@H]3C)nc21. The Morgan fingerprint density at radius 1 is 1.21 bits per heavy atom. The molecule has 3 N–H and O–H groups in total. The summed E-state index contributed by atoms with van der Waals surface area (Å²) in [6.07, 6.45) is 3.85. The molecule has 1 fully saturated rings. The maximum atomic E-state index is 13.2. The number of rotatable bonds is 7. The van der Waals surface area contributed by atoms with E-state index in [4.69, 9.17) is 10.5 Å². The standard InChI is InChI=1S/C24H30N6O3/c1-16-7-3-4-12-29(16)23(32)20-11-10-19-21(26-20)30(13-6-14-33-2)24(27-19)28-22(31)17-8-5-9-18(25)15-17/h5,8-11,15-16H,3-4,6-7,12-14,25H2,1-2H3,(H,27,28,31)/t16-/m1/s1. The summed E-state index contributed by atoms with van der Waals surface area (Å²) in [5.74, 6) is -0.0138. The second kappa shape index (κ2) is 9.99. The number of imidazole rings is 1. The van der Waals surface area contributed by atoms with Gasteiger partial charge < -0.3 is 15.4 Å². The Balaban J connectivity index is 1.67. The van der Waals surface area contributed by atoms with Crippen LogP contribution in [0.1, 0.15) is 53.5 Å². The molecule has 174 valence electrons. The van der Waals surface area contributed by atoms with E-state index in [0.717, 1.165) is 25.8 Å². The average molecular weight is 451 g/mol. The van der Waals surface area contributed by atoms with E-state index in [0.29, 0.717) is 53.6 Å². The molecule has 2 amide bonds. The maximum Gasteiger partial charge on any atom is 0.272 e. The van der Waals surface area contributed by atoms with Crippen LogP contribution in [-0.2, 0) is 11.3 Å². The average Bonchev–Trinajstić information content (AvgIpc) is 3.15. The molecule has 0 saturated carbocycles. The molecule has 2 aromatic heterocycles. The van der Waals surface area contributed by atoms with Crippen molar-refractivity contribution in [2.75, 3.05) is 31.3 Å². The van der Waals surface area contributed by atoms with Crippen molar-refractivity contribution in [2.45, 2.75) is 45.2 Å². The van der Waals surface area contributed by atoms with Crippen LogP contribution < -0.4 is 11.1 Å². The van der Waals surface area contributed by atoms with Gasteiger partial charge in [0.2, 0.25) is 5.95 Å². The van der Waals surface area contributed by atoms with Crippen molar-refractivity contribution in [2.24, 2.45) is 0 Å². The van der Waals surface area contributed by atoms with Crippen molar-refractivity contribution in [3.05, 3.63) is 47.7 Å². The number of hydrogen-bond acceptors (Lipinski definition) is 6. The Bertz CT molecular complexity index is 1160. The first-order chi connectivity index (χ1) is 16.0. The highest BCUT2D eigenvalue weighted by Gasteiger charge is 2.26. The van der Waals surface area contributed by atoms with Crippen LogP contribution in [0.25, 0.3) is 11.2 Å². The van der Waals surface area contributed by atoms with Crippen LogP contribution in [0.3, 0.4) is 0 Å². The summed E-state index contributed by atoms with van der Waals surface area (Å²) in [5.41, 5.74) is 8.32. The Kier molecular flexibility index (Phi) is 6.88. The third-order valence-corrected chi connectivity index (χ3v) is 5.98. The van der Waals surface area contributed by atoms with Crippen LogP contribution in [0.4, 0.5) is 11.6 Å². The molecule has 0 radical (unpaired) electrons. The van der Waals surface area contributed by atoms with E-state index < -0.39 is 0 Å². The van der Waals surface area contributed by atoms with Crippen molar-refractivity contribution >= 4 is 34.6 Å². The van der Waals surface area contributed by atoms with Crippen LogP contribution in [0.15, 0.2) is 36.4 Å². The van der Waals surface area contributed by atoms with Crippen LogP contribution >= 0.6 is 0 Å². The van der Waals surface area contributed by atoms with Crippen molar-refractivity contribution in [3.8, 4) is 0 Å². The summed E-state index contributed by atoms with van der Waals surface area (Å²) < 4.78 is 7.02. The predicted molar refractivity (Wildman–Crippen MR) is 127 cm³/mol. The van der Waals surface area contributed by atoms with E-state index in [1.54, 1.807) is 43.5 Å². The van der Waals surface area contributed by atoms with Gasteiger partial charge in [0, 0.05) is 44.1 Å². The number of aryl methyl sites for hydroxylation is 1. The molecule has 1 aliphatic heterocycles. The van der Waals surface area contributed by atoms with Crippen LogP contribution in [-0.4, -0.2) is 57.6 Å². The van der Waals surface area contributed by atoms with Gasteiger partial charge in [-0.1, -0.05) is 6.07 Å². The summed E-state index contributed by atoms with van der Waals surface area (Å²) in [4.78, 5) is 37.1. The van der Waals surface area contributed by atoms with Crippen molar-refractivity contribution in [1.29, 1.82) is 0 Å². The number of nitrogen functional groups attached to an aromatic ring is 1. The van der Waals surface area contributed by atoms with Crippen LogP contribution in [0.2, 0.25) is 0 Å². The quantitative estimate of drug-likeness (QED) is 0.421. The second-order valence-electron chi connectivity index (χ2n) is 8.40. The fraction of sp³-hybridized carbons (Fsp3) is 0.417. The lowest BCUT2D eigenvalue weighted by Crippen LogP contribution is -2.42. The third kappa shape index (κ3) is 4.98. The fourth-order valence-electron chi connectivity index (χ4n) is 4.20. The number of methoxy groups -OCH3 is 1. The van der Waals surface area contributed by atoms with Crippen LogP contribution in [0.5, 0.6) is 0 Å². The first kappa shape index (κ1) is 22.7. The third-order valence-electron chi connectivity index (χ3n) is 5.98. The van der Waals surface area contributed by atoms with Gasteiger partial charge in [0.15, 0.2) is 5.65 Å². The number of aromatic nitrogens is 3. The van der Waals surface area contributed by atoms with E-state index in [1.807, 2.05) is 9.47 Å². The van der Waals surface area contributed by atoms with Crippen molar-refractivity contribution in [3.63, 3.8) is 0 Å². The van der Waals surface area contributed by atoms with Gasteiger partial charge in [-0.05, 0) is 62.9 Å². The number of nitrogens with two attached hydrogens (primary N) is 1. The molecule has 0 unspecified atom stereocenters. The van der Waals surface area contributed by atoms with E-state index in [1.165, 1.54) is 0 Å². The van der Waals surface area contributed by atoms with E-state index in [-0.39, 0.29) is 17.9 Å². The molecule has 0 spiro atoms. The number of likely N-dealkylation sites (tertiary alicyclic amines) is 1. The lowest BCUT2D eigenvalue weighted by Gasteiger charge is -2.33. The lowest BCUT2D eigenvalue weighted by atomic mass is 10.0. The molecular weight excluding hydrogens is 420 g/mol. The number of nitrogens with zero attached hydrogens (tertiary/aromatic N) is 4. The van der Waals surface area contributed by atoms with Crippen LogP contribution in [0, 0.1) is 0 Å². The van der Waals surface area contributed by atoms with Gasteiger partial charge >= 0.3 is 0 Å². The minimum atomic E-state index is -0.316. The maximum absolute atomic E-state index is 13.2. The van der Waals surface area contributed by atoms with Gasteiger partial charge in [0.1, 0.15) is 11.2 Å². The number of benzene rings is 1. The number of hydrogen-bond donors (Lipinski definition) is 2. The lowest BCUT2D eigenvalue weighted by molar-refractivity contribution is 0.0629. The Labute approximate surface area is 192 Å². The molecule has 33 heavy (non-hydrogen) atoms. The molecule has 1 aromatic carbocycles. The monoisotopic (exact) mass is 450 g/mol. The minimum absolute atomic E-state index is 0.0703. The van der Waals surface area contributed by atoms with Gasteiger partial charge in [0.25, 0.3) is 11.8 Å². The largest absolute Gasteiger partial charge is 0.399 e. The van der Waals surface area contributed by atoms with Crippen molar-refractivity contribution < 1.29 is 14.3 Å². The summed E-state index contributed by atoms with van der Waals surface area (Å²) in [6.45, 7) is 3.90. The number of amides is 2. The smallest absolute Gasteiger partial charge is 0.272 e. The molecule has 3 aromatic rings. The Morgan fingerprint density at radius 3 is 2.82 bits per heavy atom. The van der Waals surface area contributed by atoms with Gasteiger partial charge in [-0.3, -0.25) is 19.5 Å². The van der Waals surface area contributed by atoms with E-state index >= 15 is 0 Å². The van der Waals surface area contributed by atoms with E-state index in [9.17, 15) is 9.59 Å². The molecule has 4 rings (SSSR count). The highest BCUT2D eigenvalue weighted by Crippen LogP contribution is 2.23. The summed E-state index contributed by atoms with van der Waals surface area (Å²) in [7, 11) is 1.64. The minimum Gasteiger partial charge on any atom is -0.399 e. The zero-order valence-corrected chi connectivity index (χ0v) is 19.1. The zero-order chi connectivity index (χ0) is 23.4. The number of carbonyl (C=O) groups excluding carboxylic acids is 2.